The molecule has 8 aliphatic rings. The topological polar surface area (TPSA) is 324 Å². The van der Waals surface area contributed by atoms with E-state index < -0.39 is 0 Å². The van der Waals surface area contributed by atoms with Gasteiger partial charge in [0.1, 0.15) is 69.9 Å². The van der Waals surface area contributed by atoms with Crippen molar-refractivity contribution >= 4 is 80.7 Å². The average Bonchev–Trinajstić information content (AvgIpc) is 1.03. The molecular formula is C95H95Cl2N21O6S2. The lowest BCUT2D eigenvalue weighted by Crippen LogP contribution is -2.57. The molecule has 0 bridgehead atoms. The second-order valence-corrected chi connectivity index (χ2v) is 38.7. The number of likely N-dealkylation sites (tertiary alicyclic amines) is 1. The first kappa shape index (κ1) is 82.4. The van der Waals surface area contributed by atoms with Gasteiger partial charge in [0.05, 0.1) is 70.0 Å². The Labute approximate surface area is 747 Å². The van der Waals surface area contributed by atoms with Crippen LogP contribution in [0.3, 0.4) is 0 Å². The van der Waals surface area contributed by atoms with Gasteiger partial charge in [-0.3, -0.25) is 33.6 Å². The zero-order valence-electron chi connectivity index (χ0n) is 70.9. The number of benzene rings is 4. The van der Waals surface area contributed by atoms with Crippen molar-refractivity contribution in [2.75, 3.05) is 42.5 Å². The predicted octanol–water partition coefficient (Wildman–Crippen LogP) is 16.5. The largest absolute Gasteiger partial charge is 0.490 e. The maximum atomic E-state index is 14.2. The molecule has 20 rings (SSSR count). The molecule has 5 atom stereocenters. The Balaban J connectivity index is 0.562. The van der Waals surface area contributed by atoms with Gasteiger partial charge in [-0.1, -0.05) is 71.7 Å². The van der Waals surface area contributed by atoms with E-state index in [0.29, 0.717) is 75.7 Å². The first-order valence-electron chi connectivity index (χ1n) is 43.7. The molecule has 13 heterocycles. The van der Waals surface area contributed by atoms with E-state index in [1.807, 2.05) is 38.1 Å². The summed E-state index contributed by atoms with van der Waals surface area (Å²) in [6.07, 6.45) is 19.1. The van der Waals surface area contributed by atoms with Crippen LogP contribution in [0.4, 0.5) is 11.6 Å². The number of rotatable bonds is 22. The van der Waals surface area contributed by atoms with E-state index in [4.69, 9.17) is 82.1 Å². The number of carbonyl (C=O) groups is 2. The van der Waals surface area contributed by atoms with Crippen LogP contribution < -0.4 is 29.9 Å². The zero-order valence-corrected chi connectivity index (χ0v) is 74.1. The number of halogens is 2. The number of piperidine rings is 1. The van der Waals surface area contributed by atoms with Crippen molar-refractivity contribution in [3.8, 4) is 33.6 Å². The Bertz CT molecular complexity index is 6220. The van der Waals surface area contributed by atoms with Crippen LogP contribution in [0.15, 0.2) is 153 Å². The highest BCUT2D eigenvalue weighted by Crippen LogP contribution is 2.56. The Kier molecular flexibility index (Phi) is 22.6. The van der Waals surface area contributed by atoms with Crippen LogP contribution in [0.25, 0.3) is 10.0 Å². The van der Waals surface area contributed by atoms with Gasteiger partial charge in [-0.25, -0.2) is 9.97 Å². The molecule has 3 saturated heterocycles. The third-order valence-electron chi connectivity index (χ3n) is 27.4. The van der Waals surface area contributed by atoms with Gasteiger partial charge in [0.15, 0.2) is 46.5 Å². The molecule has 27 nitrogen and oxygen atoms in total. The van der Waals surface area contributed by atoms with Crippen molar-refractivity contribution in [1.29, 1.82) is 10.5 Å². The second kappa shape index (κ2) is 34.5. The van der Waals surface area contributed by atoms with Gasteiger partial charge in [0.2, 0.25) is 0 Å². The van der Waals surface area contributed by atoms with Crippen molar-refractivity contribution in [2.24, 2.45) is 27.2 Å². The normalized spacial score (nSPS) is 23.4. The summed E-state index contributed by atoms with van der Waals surface area (Å²) in [5.41, 5.74) is 12.3. The van der Waals surface area contributed by atoms with Crippen LogP contribution in [-0.2, 0) is 19.3 Å². The van der Waals surface area contributed by atoms with Gasteiger partial charge >= 0.3 is 0 Å². The quantitative estimate of drug-likeness (QED) is 0.0636. The standard InChI is InChI=1S/C95H95Cl2N21O6S2/c1-52-54(3)125-93-85(52)87(104-78(40-83-100-33-35-121-83)89-112-106-56(5)117(89)93)61-11-9-58(10-12-61)7-8-59-42-95(43-59)44-65(47-115(51-95)81-31-29-76(108-110-81)91(119)102-67-19-25-70(26-20-67)123-72-23-17-63(45-98)74(96)38-72)80-37-69(50-116(80)82-32-30-77(109-111-82)92(120)103-68-21-27-71(28-22-68)124-73-24-18-64(46-99)75(97)39-73)114-48-66(49-114)60-13-15-62(16-14-60)88-86-53(2)55(4)126-94(86)118-57(6)107-113-90(118)79(105-88)41-84-101-34-36-122-84/h9-18,23-24,29-36,38-39,59,65-71,78-80H,7-8,19-22,25-28,37,40-44,47-51H2,1-6H3,(H,102,119)(H,103,120)/t59?,65?,67?,68?,69?,70?,71?,78-,79-,80?,95?/m0/s1. The molecule has 0 radical (unpaired) electrons. The lowest BCUT2D eigenvalue weighted by molar-refractivity contribution is 0.00826. The third-order valence-corrected chi connectivity index (χ3v) is 30.5. The number of amides is 2. The molecule has 5 aliphatic heterocycles. The molecule has 8 aromatic heterocycles. The fourth-order valence-electron chi connectivity index (χ4n) is 20.7. The average molecular weight is 1760 g/mol. The van der Waals surface area contributed by atoms with Crippen LogP contribution in [0.1, 0.15) is 223 Å². The number of nitriles is 2. The Morgan fingerprint density at radius 1 is 0.571 bits per heavy atom. The highest BCUT2D eigenvalue weighted by molar-refractivity contribution is 7.15. The lowest BCUT2D eigenvalue weighted by atomic mass is 9.55. The van der Waals surface area contributed by atoms with Gasteiger partial charge in [-0.15, -0.1) is 63.5 Å². The van der Waals surface area contributed by atoms with Crippen molar-refractivity contribution < 1.29 is 27.9 Å². The SMILES string of the molecule is Cc1sc2c(c1C)C(c1ccc(CCC3CC4(C3)CC(C3CC(N5CC(c6ccc(C7=N[C@@H](Cc8ncco8)c8nnc(C)n8-c8sc(C)c(C)c87)cc6)C5)CN3c3ccc(C(=O)NC5CCC(Oc6ccc(C#N)c(Cl)c6)CC5)nn3)CN(c3ccc(C(=O)NC5CCC(Oc6ccc(C#N)c(Cl)c6)CC5)nn3)C4)cc1)=N[C@@H](Cc1ncco1)c1nnc(C)n1-2. The summed E-state index contributed by atoms with van der Waals surface area (Å²) in [5, 5.41) is 66.2. The summed E-state index contributed by atoms with van der Waals surface area (Å²) in [6, 6.07) is 39.6. The van der Waals surface area contributed by atoms with Crippen molar-refractivity contribution in [3.05, 3.63) is 256 Å². The lowest BCUT2D eigenvalue weighted by Gasteiger charge is -2.57. The predicted molar refractivity (Wildman–Crippen MR) is 479 cm³/mol. The minimum absolute atomic E-state index is 0.0336. The van der Waals surface area contributed by atoms with E-state index in [2.05, 4.69) is 143 Å². The number of aliphatic imine (C=N–C) groups is 2. The van der Waals surface area contributed by atoms with Crippen molar-refractivity contribution in [2.45, 2.75) is 199 Å². The fraction of sp³-hybridized carbons (Fsp3) is 0.411. The number of oxazole rings is 2. The number of fused-ring (bicyclic) bond motifs is 6. The number of aryl methyl sites for hydroxylation is 5. The molecule has 3 aliphatic carbocycles. The number of nitrogens with one attached hydrogen (secondary N) is 2. The molecule has 1 spiro atoms. The van der Waals surface area contributed by atoms with Crippen LogP contribution in [0, 0.1) is 81.5 Å². The van der Waals surface area contributed by atoms with E-state index in [1.54, 1.807) is 84.0 Å². The second-order valence-electron chi connectivity index (χ2n) is 35.5. The monoisotopic (exact) mass is 1760 g/mol. The number of hydrogen-bond donors (Lipinski definition) is 2. The summed E-state index contributed by atoms with van der Waals surface area (Å²) in [5.74, 6) is 7.45. The van der Waals surface area contributed by atoms with Gasteiger partial charge in [0.25, 0.3) is 11.8 Å². The zero-order chi connectivity index (χ0) is 86.2. The Morgan fingerprint density at radius 3 is 1.56 bits per heavy atom. The molecule has 126 heavy (non-hydrogen) atoms. The molecule has 3 saturated carbocycles. The van der Waals surface area contributed by atoms with Gasteiger partial charge < -0.3 is 38.7 Å². The number of carbonyl (C=O) groups excluding carboxylic acids is 2. The van der Waals surface area contributed by atoms with Crippen LogP contribution >= 0.6 is 45.9 Å². The smallest absolute Gasteiger partial charge is 0.272 e. The molecule has 6 fully saturated rings. The van der Waals surface area contributed by atoms with E-state index >= 15 is 0 Å². The third kappa shape index (κ3) is 16.3. The summed E-state index contributed by atoms with van der Waals surface area (Å²) in [6.45, 7) is 16.7. The number of aromatic nitrogens is 12. The summed E-state index contributed by atoms with van der Waals surface area (Å²) >= 11 is 16.2. The van der Waals surface area contributed by atoms with Crippen molar-refractivity contribution in [3.63, 3.8) is 0 Å². The minimum Gasteiger partial charge on any atom is -0.490 e. The number of thiophene rings is 2. The fourth-order valence-corrected chi connectivity index (χ4v) is 23.5. The van der Waals surface area contributed by atoms with Crippen molar-refractivity contribution in [1.82, 2.24) is 75.4 Å². The Hall–Kier alpha value is -11.9. The van der Waals surface area contributed by atoms with Crippen LogP contribution in [-0.4, -0.2) is 157 Å². The van der Waals surface area contributed by atoms with Gasteiger partial charge in [-0.2, -0.15) is 10.5 Å². The highest BCUT2D eigenvalue weighted by Gasteiger charge is 2.54. The van der Waals surface area contributed by atoms with Gasteiger partial charge in [-0.05, 0) is 219 Å². The number of nitrogens with zero attached hydrogens (tertiary/aromatic N) is 19. The first-order valence-corrected chi connectivity index (χ1v) is 46.1. The van der Waals surface area contributed by atoms with Crippen LogP contribution in [0.2, 0.25) is 10.0 Å². The molecule has 2 amide bonds. The van der Waals surface area contributed by atoms with E-state index in [0.717, 1.165) is 195 Å². The molecule has 2 N–H and O–H groups in total. The highest BCUT2D eigenvalue weighted by atomic mass is 35.5. The minimum atomic E-state index is -0.379. The summed E-state index contributed by atoms with van der Waals surface area (Å²) in [7, 11) is 0. The summed E-state index contributed by atoms with van der Waals surface area (Å²) in [4.78, 5) is 58.5. The molecule has 4 aromatic carbocycles. The molecule has 12 aromatic rings. The number of hydrogen-bond acceptors (Lipinski definition) is 25. The molecule has 3 unspecified atom stereocenters. The summed E-state index contributed by atoms with van der Waals surface area (Å²) < 4.78 is 28.5. The van der Waals surface area contributed by atoms with Gasteiger partial charge in [0, 0.05) is 107 Å². The van der Waals surface area contributed by atoms with E-state index in [-0.39, 0.29) is 83.0 Å². The van der Waals surface area contributed by atoms with Crippen LogP contribution in [0.5, 0.6) is 11.5 Å². The number of anilines is 2. The molecular weight excluding hydrogens is 1670 g/mol. The first-order chi connectivity index (χ1) is 61.3. The molecule has 31 heteroatoms. The van der Waals surface area contributed by atoms with E-state index in [1.165, 1.54) is 32.0 Å². The maximum absolute atomic E-state index is 14.2. The molecule has 642 valence electrons. The van der Waals surface area contributed by atoms with E-state index in [9.17, 15) is 20.1 Å². The number of ether oxygens (including phenoxy) is 2. The maximum Gasteiger partial charge on any atom is 0.272 e. The Morgan fingerprint density at radius 2 is 1.08 bits per heavy atom.